The molecule has 1 aromatic carbocycles. The molecular formula is C16H24OSi. The van der Waals surface area contributed by atoms with Gasteiger partial charge in [0, 0.05) is 6.42 Å². The first kappa shape index (κ1) is 15.0. The molecule has 0 fully saturated rings. The summed E-state index contributed by atoms with van der Waals surface area (Å²) in [5.41, 5.74) is 3.41. The largest absolute Gasteiger partial charge is 0.392 e. The third kappa shape index (κ3) is 5.08. The second-order valence-electron chi connectivity index (χ2n) is 5.29. The molecule has 0 radical (unpaired) electrons. The summed E-state index contributed by atoms with van der Waals surface area (Å²) < 4.78 is 0. The van der Waals surface area contributed by atoms with E-state index in [1.165, 1.54) is 5.19 Å². The first-order chi connectivity index (χ1) is 8.56. The molecule has 1 nitrogen and oxygen atoms in total. The zero-order valence-corrected chi connectivity index (χ0v) is 12.7. The van der Waals surface area contributed by atoms with Crippen molar-refractivity contribution in [1.82, 2.24) is 0 Å². The van der Waals surface area contributed by atoms with Gasteiger partial charge >= 0.3 is 0 Å². The van der Waals surface area contributed by atoms with E-state index in [4.69, 9.17) is 0 Å². The summed E-state index contributed by atoms with van der Waals surface area (Å²) in [6.45, 7) is 6.66. The Morgan fingerprint density at radius 1 is 1.22 bits per heavy atom. The molecule has 0 aliphatic heterocycles. The zero-order valence-electron chi connectivity index (χ0n) is 11.7. The van der Waals surface area contributed by atoms with E-state index in [2.05, 4.69) is 55.7 Å². The Balaban J connectivity index is 2.56. The average Bonchev–Trinajstić information content (AvgIpc) is 2.37. The maximum absolute atomic E-state index is 9.76. The average molecular weight is 260 g/mol. The summed E-state index contributed by atoms with van der Waals surface area (Å²) >= 11 is 0. The summed E-state index contributed by atoms with van der Waals surface area (Å²) in [5.74, 6) is 3.19. The Kier molecular flexibility index (Phi) is 6.18. The number of hydrogen-bond acceptors (Lipinski definition) is 1. The fourth-order valence-corrected chi connectivity index (χ4v) is 3.57. The highest BCUT2D eigenvalue weighted by Crippen LogP contribution is 2.05. The predicted molar refractivity (Wildman–Crippen MR) is 81.5 cm³/mol. The number of rotatable bonds is 5. The van der Waals surface area contributed by atoms with Gasteiger partial charge in [-0.05, 0) is 11.6 Å². The van der Waals surface area contributed by atoms with Gasteiger partial charge in [0.2, 0.25) is 0 Å². The molecule has 0 saturated heterocycles. The van der Waals surface area contributed by atoms with Crippen LogP contribution in [0, 0.1) is 11.5 Å². The lowest BCUT2D eigenvalue weighted by Crippen LogP contribution is -2.39. The van der Waals surface area contributed by atoms with Gasteiger partial charge in [0.05, 0.1) is 6.10 Å². The predicted octanol–water partition coefficient (Wildman–Crippen LogP) is 3.09. The van der Waals surface area contributed by atoms with Crippen LogP contribution in [0.25, 0.3) is 0 Å². The minimum atomic E-state index is -1.65. The van der Waals surface area contributed by atoms with Crippen LogP contribution in [-0.4, -0.2) is 19.3 Å². The van der Waals surface area contributed by atoms with Crippen molar-refractivity contribution in [1.29, 1.82) is 0 Å². The van der Waals surface area contributed by atoms with Crippen molar-refractivity contribution >= 4 is 13.3 Å². The van der Waals surface area contributed by atoms with Crippen molar-refractivity contribution in [2.75, 3.05) is 0 Å². The molecule has 1 aromatic rings. The van der Waals surface area contributed by atoms with Crippen molar-refractivity contribution < 1.29 is 5.11 Å². The van der Waals surface area contributed by atoms with Gasteiger partial charge in [0.15, 0.2) is 8.07 Å². The van der Waals surface area contributed by atoms with Crippen LogP contribution in [-0.2, 0) is 0 Å². The van der Waals surface area contributed by atoms with Crippen molar-refractivity contribution in [2.45, 2.75) is 51.8 Å². The van der Waals surface area contributed by atoms with Gasteiger partial charge in [-0.1, -0.05) is 63.2 Å². The molecule has 0 aliphatic rings. The second-order valence-corrected chi connectivity index (χ2v) is 9.37. The molecule has 0 saturated carbocycles. The molecule has 0 aromatic heterocycles. The molecular weight excluding hydrogens is 236 g/mol. The van der Waals surface area contributed by atoms with E-state index in [9.17, 15) is 5.11 Å². The van der Waals surface area contributed by atoms with E-state index in [0.29, 0.717) is 6.42 Å². The van der Waals surface area contributed by atoms with E-state index < -0.39 is 8.07 Å². The third-order valence-electron chi connectivity index (χ3n) is 3.12. The SMILES string of the molecule is CCCCC(O)CC#C[Si](C)(C)c1ccccc1. The molecule has 98 valence electrons. The van der Waals surface area contributed by atoms with Crippen LogP contribution in [0.4, 0.5) is 0 Å². The number of hydrogen-bond donors (Lipinski definition) is 1. The smallest absolute Gasteiger partial charge is 0.162 e. The molecule has 0 aliphatic carbocycles. The topological polar surface area (TPSA) is 20.2 Å². The van der Waals surface area contributed by atoms with Gasteiger partial charge in [-0.3, -0.25) is 0 Å². The van der Waals surface area contributed by atoms with Crippen molar-refractivity contribution in [3.63, 3.8) is 0 Å². The normalized spacial score (nSPS) is 12.7. The number of unbranched alkanes of at least 4 members (excludes halogenated alkanes) is 1. The molecule has 18 heavy (non-hydrogen) atoms. The minimum absolute atomic E-state index is 0.252. The summed E-state index contributed by atoms with van der Waals surface area (Å²) in [4.78, 5) is 0. The van der Waals surface area contributed by atoms with Gasteiger partial charge in [0.1, 0.15) is 0 Å². The van der Waals surface area contributed by atoms with Crippen LogP contribution in [0.3, 0.4) is 0 Å². The Bertz CT molecular complexity index is 400. The molecule has 1 unspecified atom stereocenters. The third-order valence-corrected chi connectivity index (χ3v) is 5.70. The lowest BCUT2D eigenvalue weighted by molar-refractivity contribution is 0.167. The molecule has 1 N–H and O–H groups in total. The first-order valence-electron chi connectivity index (χ1n) is 6.80. The molecule has 0 amide bonds. The van der Waals surface area contributed by atoms with Crippen LogP contribution in [0.15, 0.2) is 30.3 Å². The fraction of sp³-hybridized carbons (Fsp3) is 0.500. The fourth-order valence-electron chi connectivity index (χ4n) is 1.86. The molecule has 0 heterocycles. The van der Waals surface area contributed by atoms with Gasteiger partial charge in [0.25, 0.3) is 0 Å². The van der Waals surface area contributed by atoms with E-state index in [-0.39, 0.29) is 6.10 Å². The van der Waals surface area contributed by atoms with Gasteiger partial charge in [-0.15, -0.1) is 11.5 Å². The number of aliphatic hydroxyl groups is 1. The highest BCUT2D eigenvalue weighted by Gasteiger charge is 2.20. The standard InChI is InChI=1S/C16H24OSi/c1-4-5-10-15(17)11-9-14-18(2,3)16-12-7-6-8-13-16/h6-8,12-13,15,17H,4-5,10-11H2,1-3H3. The van der Waals surface area contributed by atoms with E-state index in [0.717, 1.165) is 19.3 Å². The second kappa shape index (κ2) is 7.40. The monoisotopic (exact) mass is 260 g/mol. The van der Waals surface area contributed by atoms with Crippen molar-refractivity contribution in [3.8, 4) is 11.5 Å². The van der Waals surface area contributed by atoms with Crippen LogP contribution < -0.4 is 5.19 Å². The lowest BCUT2D eigenvalue weighted by atomic mass is 10.1. The molecule has 1 rings (SSSR count). The Morgan fingerprint density at radius 3 is 2.50 bits per heavy atom. The quantitative estimate of drug-likeness (QED) is 0.637. The zero-order chi connectivity index (χ0) is 13.4. The Morgan fingerprint density at radius 2 is 1.89 bits per heavy atom. The Labute approximate surface area is 112 Å². The van der Waals surface area contributed by atoms with Crippen molar-refractivity contribution in [2.24, 2.45) is 0 Å². The first-order valence-corrected chi connectivity index (χ1v) is 9.80. The maximum Gasteiger partial charge on any atom is 0.162 e. The lowest BCUT2D eigenvalue weighted by Gasteiger charge is -2.15. The van der Waals surface area contributed by atoms with E-state index in [1.54, 1.807) is 0 Å². The van der Waals surface area contributed by atoms with Crippen molar-refractivity contribution in [3.05, 3.63) is 30.3 Å². The van der Waals surface area contributed by atoms with Gasteiger partial charge in [-0.2, -0.15) is 0 Å². The number of benzene rings is 1. The summed E-state index contributed by atoms with van der Waals surface area (Å²) in [7, 11) is -1.65. The maximum atomic E-state index is 9.76. The highest BCUT2D eigenvalue weighted by atomic mass is 28.3. The van der Waals surface area contributed by atoms with Crippen LogP contribution in [0.2, 0.25) is 13.1 Å². The summed E-state index contributed by atoms with van der Waals surface area (Å²) in [6, 6.07) is 10.5. The highest BCUT2D eigenvalue weighted by molar-refractivity contribution is 6.96. The Hall–Kier alpha value is -1.04. The van der Waals surface area contributed by atoms with Crippen LogP contribution in [0.1, 0.15) is 32.6 Å². The molecule has 1 atom stereocenters. The number of aliphatic hydroxyl groups excluding tert-OH is 1. The minimum Gasteiger partial charge on any atom is -0.392 e. The van der Waals surface area contributed by atoms with Crippen LogP contribution >= 0.6 is 0 Å². The molecule has 0 bridgehead atoms. The molecule has 2 heteroatoms. The van der Waals surface area contributed by atoms with E-state index in [1.807, 2.05) is 6.07 Å². The van der Waals surface area contributed by atoms with E-state index >= 15 is 0 Å². The molecule has 0 spiro atoms. The summed E-state index contributed by atoms with van der Waals surface area (Å²) in [6.07, 6.45) is 3.46. The van der Waals surface area contributed by atoms with Gasteiger partial charge < -0.3 is 5.11 Å². The van der Waals surface area contributed by atoms with Gasteiger partial charge in [-0.25, -0.2) is 0 Å². The van der Waals surface area contributed by atoms with Crippen LogP contribution in [0.5, 0.6) is 0 Å². The summed E-state index contributed by atoms with van der Waals surface area (Å²) in [5, 5.41) is 11.1.